The van der Waals surface area contributed by atoms with E-state index >= 15 is 0 Å². The second kappa shape index (κ2) is 6.55. The third-order valence-corrected chi connectivity index (χ3v) is 4.09. The summed E-state index contributed by atoms with van der Waals surface area (Å²) in [5.41, 5.74) is 1.96. The molecule has 1 aromatic heterocycles. The van der Waals surface area contributed by atoms with Crippen LogP contribution in [-0.4, -0.2) is 14.7 Å². The number of aromatic nitrogens is 2. The SMILES string of the molecule is Oc1ccccc1Cn1ccnc1Cc1cc(Cl)cc(Br)c1. The van der Waals surface area contributed by atoms with Crippen LogP contribution < -0.4 is 0 Å². The Hall–Kier alpha value is -1.78. The summed E-state index contributed by atoms with van der Waals surface area (Å²) in [6, 6.07) is 13.2. The molecule has 2 aromatic carbocycles. The Labute approximate surface area is 142 Å². The van der Waals surface area contributed by atoms with Gasteiger partial charge in [0.15, 0.2) is 0 Å². The maximum atomic E-state index is 9.91. The summed E-state index contributed by atoms with van der Waals surface area (Å²) < 4.78 is 2.98. The van der Waals surface area contributed by atoms with E-state index in [-0.39, 0.29) is 0 Å². The van der Waals surface area contributed by atoms with Crippen LogP contribution in [0.3, 0.4) is 0 Å². The molecule has 0 saturated heterocycles. The van der Waals surface area contributed by atoms with Crippen LogP contribution >= 0.6 is 27.5 Å². The van der Waals surface area contributed by atoms with Gasteiger partial charge in [-0.25, -0.2) is 4.98 Å². The fourth-order valence-electron chi connectivity index (χ4n) is 2.37. The molecule has 3 nitrogen and oxygen atoms in total. The summed E-state index contributed by atoms with van der Waals surface area (Å²) in [5.74, 6) is 1.23. The molecular weight excluding hydrogens is 364 g/mol. The largest absolute Gasteiger partial charge is 0.508 e. The number of halogens is 2. The van der Waals surface area contributed by atoms with Crippen molar-refractivity contribution in [2.75, 3.05) is 0 Å². The first-order valence-electron chi connectivity index (χ1n) is 6.83. The van der Waals surface area contributed by atoms with Crippen molar-refractivity contribution in [3.63, 3.8) is 0 Å². The zero-order chi connectivity index (χ0) is 15.5. The molecule has 0 unspecified atom stereocenters. The number of hydrogen-bond acceptors (Lipinski definition) is 2. The number of phenols is 1. The van der Waals surface area contributed by atoms with Crippen LogP contribution in [0.4, 0.5) is 0 Å². The van der Waals surface area contributed by atoms with Gasteiger partial charge in [-0.2, -0.15) is 0 Å². The minimum Gasteiger partial charge on any atom is -0.508 e. The molecule has 0 aliphatic rings. The molecule has 22 heavy (non-hydrogen) atoms. The van der Waals surface area contributed by atoms with Crippen molar-refractivity contribution >= 4 is 27.5 Å². The summed E-state index contributed by atoms with van der Waals surface area (Å²) in [7, 11) is 0. The van der Waals surface area contributed by atoms with Gasteiger partial charge in [-0.1, -0.05) is 45.7 Å². The molecule has 0 atom stereocenters. The Bertz CT molecular complexity index is 781. The summed E-state index contributed by atoms with van der Waals surface area (Å²) in [6.07, 6.45) is 4.37. The fraction of sp³-hybridized carbons (Fsp3) is 0.118. The van der Waals surface area contributed by atoms with E-state index in [9.17, 15) is 5.11 Å². The zero-order valence-electron chi connectivity index (χ0n) is 11.7. The van der Waals surface area contributed by atoms with Gasteiger partial charge in [-0.15, -0.1) is 0 Å². The van der Waals surface area contributed by atoms with Crippen molar-refractivity contribution in [1.29, 1.82) is 0 Å². The van der Waals surface area contributed by atoms with Crippen molar-refractivity contribution in [3.05, 3.63) is 81.3 Å². The molecule has 0 radical (unpaired) electrons. The van der Waals surface area contributed by atoms with Gasteiger partial charge >= 0.3 is 0 Å². The highest BCUT2D eigenvalue weighted by molar-refractivity contribution is 9.10. The number of rotatable bonds is 4. The van der Waals surface area contributed by atoms with Crippen molar-refractivity contribution in [1.82, 2.24) is 9.55 Å². The fourth-order valence-corrected chi connectivity index (χ4v) is 3.30. The summed E-state index contributed by atoms with van der Waals surface area (Å²) in [4.78, 5) is 4.42. The highest BCUT2D eigenvalue weighted by atomic mass is 79.9. The van der Waals surface area contributed by atoms with Crippen molar-refractivity contribution in [2.45, 2.75) is 13.0 Å². The van der Waals surface area contributed by atoms with E-state index < -0.39 is 0 Å². The average Bonchev–Trinajstić information content (AvgIpc) is 2.87. The van der Waals surface area contributed by atoms with Gasteiger partial charge in [0.2, 0.25) is 0 Å². The van der Waals surface area contributed by atoms with Gasteiger partial charge < -0.3 is 9.67 Å². The average molecular weight is 378 g/mol. The molecule has 1 N–H and O–H groups in total. The van der Waals surface area contributed by atoms with E-state index in [1.807, 2.05) is 47.2 Å². The van der Waals surface area contributed by atoms with Gasteiger partial charge in [0.25, 0.3) is 0 Å². The van der Waals surface area contributed by atoms with E-state index in [1.54, 1.807) is 12.3 Å². The molecule has 5 heteroatoms. The minimum absolute atomic E-state index is 0.299. The van der Waals surface area contributed by atoms with Crippen LogP contribution in [0, 0.1) is 0 Å². The van der Waals surface area contributed by atoms with Gasteiger partial charge in [0, 0.05) is 33.9 Å². The predicted molar refractivity (Wildman–Crippen MR) is 91.4 cm³/mol. The molecule has 1 heterocycles. The molecule has 3 rings (SSSR count). The van der Waals surface area contributed by atoms with Crippen LogP contribution in [0.2, 0.25) is 5.02 Å². The normalized spacial score (nSPS) is 10.8. The van der Waals surface area contributed by atoms with E-state index in [0.29, 0.717) is 23.7 Å². The Morgan fingerprint density at radius 1 is 1.18 bits per heavy atom. The first kappa shape index (κ1) is 15.1. The van der Waals surface area contributed by atoms with Crippen molar-refractivity contribution in [3.8, 4) is 5.75 Å². The lowest BCUT2D eigenvalue weighted by Gasteiger charge is -2.10. The molecule has 0 bridgehead atoms. The summed E-state index contributed by atoms with van der Waals surface area (Å²) in [5, 5.41) is 10.6. The number of aromatic hydroxyl groups is 1. The van der Waals surface area contributed by atoms with Crippen molar-refractivity contribution < 1.29 is 5.11 Å². The van der Waals surface area contributed by atoms with Gasteiger partial charge in [-0.3, -0.25) is 0 Å². The van der Waals surface area contributed by atoms with Crippen LogP contribution in [0.5, 0.6) is 5.75 Å². The molecule has 0 saturated carbocycles. The molecule has 0 aliphatic carbocycles. The van der Waals surface area contributed by atoms with Crippen LogP contribution in [0.15, 0.2) is 59.3 Å². The Morgan fingerprint density at radius 2 is 2.00 bits per heavy atom. The van der Waals surface area contributed by atoms with Crippen LogP contribution in [0.25, 0.3) is 0 Å². The van der Waals surface area contributed by atoms with E-state index in [1.165, 1.54) is 0 Å². The lowest BCUT2D eigenvalue weighted by Crippen LogP contribution is -2.05. The second-order valence-corrected chi connectivity index (χ2v) is 6.41. The predicted octanol–water partition coefficient (Wildman–Crippen LogP) is 4.64. The maximum absolute atomic E-state index is 9.91. The van der Waals surface area contributed by atoms with Crippen molar-refractivity contribution in [2.24, 2.45) is 0 Å². The number of benzene rings is 2. The molecule has 0 spiro atoms. The molecular formula is C17H14BrClN2O. The second-order valence-electron chi connectivity index (χ2n) is 5.05. The molecule has 3 aromatic rings. The lowest BCUT2D eigenvalue weighted by atomic mass is 10.1. The highest BCUT2D eigenvalue weighted by Crippen LogP contribution is 2.22. The van der Waals surface area contributed by atoms with Gasteiger partial charge in [0.1, 0.15) is 11.6 Å². The number of imidazole rings is 1. The smallest absolute Gasteiger partial charge is 0.120 e. The maximum Gasteiger partial charge on any atom is 0.120 e. The molecule has 112 valence electrons. The number of hydrogen-bond donors (Lipinski definition) is 1. The van der Waals surface area contributed by atoms with Gasteiger partial charge in [-0.05, 0) is 29.8 Å². The standard InChI is InChI=1S/C17H14BrClN2O/c18-14-7-12(8-15(19)10-14)9-17-20-5-6-21(17)11-13-3-1-2-4-16(13)22/h1-8,10,22H,9,11H2. The quantitative estimate of drug-likeness (QED) is 0.719. The highest BCUT2D eigenvalue weighted by Gasteiger charge is 2.08. The van der Waals surface area contributed by atoms with E-state index in [2.05, 4.69) is 20.9 Å². The van der Waals surface area contributed by atoms with Gasteiger partial charge in [0.05, 0.1) is 6.54 Å². The zero-order valence-corrected chi connectivity index (χ0v) is 14.0. The number of nitrogens with zero attached hydrogens (tertiary/aromatic N) is 2. The summed E-state index contributed by atoms with van der Waals surface area (Å²) in [6.45, 7) is 0.587. The molecule has 0 aliphatic heterocycles. The third kappa shape index (κ3) is 3.51. The monoisotopic (exact) mass is 376 g/mol. The Balaban J connectivity index is 1.85. The van der Waals surface area contributed by atoms with E-state index in [4.69, 9.17) is 11.6 Å². The number of phenolic OH excluding ortho intramolecular Hbond substituents is 1. The molecule has 0 amide bonds. The Morgan fingerprint density at radius 3 is 2.77 bits per heavy atom. The summed E-state index contributed by atoms with van der Waals surface area (Å²) >= 11 is 9.54. The topological polar surface area (TPSA) is 38.0 Å². The van der Waals surface area contributed by atoms with Crippen LogP contribution in [0.1, 0.15) is 17.0 Å². The first-order valence-corrected chi connectivity index (χ1v) is 8.01. The minimum atomic E-state index is 0.299. The number of para-hydroxylation sites is 1. The van der Waals surface area contributed by atoms with E-state index in [0.717, 1.165) is 21.4 Å². The Kier molecular flexibility index (Phi) is 4.50. The molecule has 0 fully saturated rings. The third-order valence-electron chi connectivity index (χ3n) is 3.42. The lowest BCUT2D eigenvalue weighted by molar-refractivity contribution is 0.465. The van der Waals surface area contributed by atoms with Crippen LogP contribution in [-0.2, 0) is 13.0 Å². The first-order chi connectivity index (χ1) is 10.6.